The van der Waals surface area contributed by atoms with Crippen LogP contribution in [0.4, 0.5) is 5.95 Å². The minimum atomic E-state index is -2.91. The van der Waals surface area contributed by atoms with Crippen molar-refractivity contribution in [2.75, 3.05) is 5.73 Å². The Hall–Kier alpha value is -1.62. The number of aliphatic hydroxyl groups excluding tert-OH is 1. The molecule has 0 radical (unpaired) electrons. The molecule has 3 aliphatic rings. The van der Waals surface area contributed by atoms with Crippen molar-refractivity contribution in [1.82, 2.24) is 19.5 Å². The minimum Gasteiger partial charge on any atom is -0.414 e. The van der Waals surface area contributed by atoms with Gasteiger partial charge in [0.05, 0.1) is 6.33 Å². The first-order valence-electron chi connectivity index (χ1n) is 12.5. The first-order valence-corrected chi connectivity index (χ1v) is 16.4. The zero-order chi connectivity index (χ0) is 25.7. The second kappa shape index (κ2) is 7.94. The average molecular weight is 524 g/mol. The maximum absolute atomic E-state index is 12.3. The number of hydrogen-bond acceptors (Lipinski definition) is 9. The number of aromatic nitrogens is 4. The summed E-state index contributed by atoms with van der Waals surface area (Å²) < 4.78 is 29.1. The summed E-state index contributed by atoms with van der Waals surface area (Å²) in [5.41, 5.74) is 5.30. The molecule has 1 spiro atoms. The predicted octanol–water partition coefficient (Wildman–Crippen LogP) is 2.67. The summed E-state index contributed by atoms with van der Waals surface area (Å²) in [5.74, 6) is -0.0314. The Balaban J connectivity index is 1.61. The fraction of sp³-hybridized carbons (Fsp3) is 0.773. The molecule has 1 saturated carbocycles. The van der Waals surface area contributed by atoms with Gasteiger partial charge in [-0.3, -0.25) is 14.3 Å². The van der Waals surface area contributed by atoms with E-state index in [9.17, 15) is 9.90 Å². The first-order chi connectivity index (χ1) is 16.3. The monoisotopic (exact) mass is 523 g/mol. The highest BCUT2D eigenvalue weighted by molar-refractivity contribution is 6.84. The molecule has 1 unspecified atom stereocenters. The topological polar surface area (TPSA) is 147 Å². The number of nitrogens with one attached hydrogen (secondary N) is 1. The average Bonchev–Trinajstić information content (AvgIpc) is 2.99. The van der Waals surface area contributed by atoms with E-state index in [0.29, 0.717) is 0 Å². The molecule has 1 aliphatic carbocycles. The van der Waals surface area contributed by atoms with Crippen LogP contribution in [0.3, 0.4) is 0 Å². The Bertz CT molecular complexity index is 1180. The molecule has 11 nitrogen and oxygen atoms in total. The number of rotatable bonds is 5. The third kappa shape index (κ3) is 3.22. The molecule has 5 atom stereocenters. The molecule has 13 heteroatoms. The summed E-state index contributed by atoms with van der Waals surface area (Å²) >= 11 is 0. The van der Waals surface area contributed by atoms with Crippen LogP contribution in [0.15, 0.2) is 11.1 Å². The van der Waals surface area contributed by atoms with Gasteiger partial charge in [-0.15, -0.1) is 0 Å². The summed E-state index contributed by atoms with van der Waals surface area (Å²) in [4.78, 5) is 23.1. The van der Waals surface area contributed by atoms with Gasteiger partial charge in [0, 0.05) is 0 Å². The van der Waals surface area contributed by atoms with Crippen molar-refractivity contribution in [2.45, 2.75) is 108 Å². The Morgan fingerprint density at radius 3 is 2.23 bits per heavy atom. The number of ether oxygens (including phenoxy) is 1. The van der Waals surface area contributed by atoms with Crippen molar-refractivity contribution in [3.63, 3.8) is 0 Å². The number of nitrogens with two attached hydrogens (primary N) is 1. The van der Waals surface area contributed by atoms with Crippen molar-refractivity contribution >= 4 is 34.2 Å². The zero-order valence-corrected chi connectivity index (χ0v) is 23.6. The van der Waals surface area contributed by atoms with Gasteiger partial charge >= 0.3 is 17.1 Å². The molecule has 0 bridgehead atoms. The van der Waals surface area contributed by atoms with E-state index >= 15 is 0 Å². The standard InChI is InChI=1S/C22H37N5O6Si2/c1-10(2)34(11(3)4)31-17-16-22(17,32-35(33-34,12(5)6)13(7)8)15(28)20(30-16)27-9-24-14-18(27)25-21(23)26-19(14)29/h9-13,15-17,20,28H,1-8H3,(H3,23,25,26,29)/t15-,16+,17?,20+,22-/m0/s1. The molecule has 3 fully saturated rings. The number of aromatic amines is 1. The van der Waals surface area contributed by atoms with Crippen molar-refractivity contribution in [3.8, 4) is 0 Å². The maximum atomic E-state index is 12.3. The van der Waals surface area contributed by atoms with Gasteiger partial charge < -0.3 is 28.5 Å². The third-order valence-electron chi connectivity index (χ3n) is 7.98. The number of hydrogen-bond donors (Lipinski definition) is 3. The normalized spacial score (nSPS) is 33.5. The van der Waals surface area contributed by atoms with Gasteiger partial charge in [0.2, 0.25) is 5.95 Å². The Morgan fingerprint density at radius 2 is 1.66 bits per heavy atom. The van der Waals surface area contributed by atoms with E-state index in [-0.39, 0.29) is 39.3 Å². The van der Waals surface area contributed by atoms with Crippen molar-refractivity contribution in [2.24, 2.45) is 0 Å². The van der Waals surface area contributed by atoms with E-state index in [4.69, 9.17) is 23.4 Å². The van der Waals surface area contributed by atoms with Crippen LogP contribution in [-0.2, 0) is 17.7 Å². The van der Waals surface area contributed by atoms with E-state index in [1.807, 2.05) is 0 Å². The van der Waals surface area contributed by atoms with Crippen LogP contribution in [0.2, 0.25) is 22.2 Å². The second-order valence-corrected chi connectivity index (χ2v) is 20.1. The Kier molecular flexibility index (Phi) is 5.68. The number of fused-ring (bicyclic) bond motifs is 2. The highest BCUT2D eigenvalue weighted by Gasteiger charge is 2.84. The van der Waals surface area contributed by atoms with Crippen molar-refractivity contribution in [1.29, 1.82) is 0 Å². The number of anilines is 1. The number of nitrogen functional groups attached to an aromatic ring is 1. The molecular weight excluding hydrogens is 486 g/mol. The molecule has 194 valence electrons. The van der Waals surface area contributed by atoms with Crippen LogP contribution in [0.1, 0.15) is 61.6 Å². The largest absolute Gasteiger partial charge is 0.414 e. The minimum absolute atomic E-state index is 0.0314. The van der Waals surface area contributed by atoms with Gasteiger partial charge in [-0.2, -0.15) is 4.98 Å². The maximum Gasteiger partial charge on any atom is 0.335 e. The van der Waals surface area contributed by atoms with Gasteiger partial charge in [-0.25, -0.2) is 4.98 Å². The van der Waals surface area contributed by atoms with Crippen molar-refractivity contribution < 1.29 is 22.8 Å². The summed E-state index contributed by atoms with van der Waals surface area (Å²) in [6, 6.07) is 0. The van der Waals surface area contributed by atoms with Crippen LogP contribution in [0.5, 0.6) is 0 Å². The first kappa shape index (κ1) is 25.1. The van der Waals surface area contributed by atoms with E-state index in [0.717, 1.165) is 0 Å². The second-order valence-electron chi connectivity index (χ2n) is 11.3. The molecule has 0 aromatic carbocycles. The molecule has 2 saturated heterocycles. The van der Waals surface area contributed by atoms with Crippen molar-refractivity contribution in [3.05, 3.63) is 16.7 Å². The Labute approximate surface area is 206 Å². The van der Waals surface area contributed by atoms with Crippen LogP contribution in [-0.4, -0.2) is 65.7 Å². The summed E-state index contributed by atoms with van der Waals surface area (Å²) in [6.45, 7) is 17.2. The van der Waals surface area contributed by atoms with Crippen LogP contribution >= 0.6 is 0 Å². The lowest BCUT2D eigenvalue weighted by Crippen LogP contribution is -2.61. The molecule has 2 aromatic rings. The Morgan fingerprint density at radius 1 is 1.06 bits per heavy atom. The summed E-state index contributed by atoms with van der Waals surface area (Å²) in [6.07, 6.45) is -1.36. The van der Waals surface area contributed by atoms with Crippen LogP contribution in [0, 0.1) is 0 Å². The van der Waals surface area contributed by atoms with Crippen LogP contribution < -0.4 is 11.3 Å². The fourth-order valence-corrected chi connectivity index (χ4v) is 17.5. The molecule has 4 heterocycles. The molecule has 2 aliphatic heterocycles. The molecular formula is C22H37N5O6Si2. The molecule has 5 rings (SSSR count). The predicted molar refractivity (Wildman–Crippen MR) is 134 cm³/mol. The SMILES string of the molecule is CC(C)[Si]1(C(C)C)OC2[C@H]3O[C@@H](n4cnc5c(=O)[nH]c(N)nc54)[C@H](O)[C@@]23O[Si](C(C)C)(C(C)C)O1. The smallest absolute Gasteiger partial charge is 0.335 e. The number of H-pyrrole nitrogens is 1. The van der Waals surface area contributed by atoms with Crippen LogP contribution in [0.25, 0.3) is 11.2 Å². The fourth-order valence-electron chi connectivity index (χ4n) is 6.04. The zero-order valence-electron chi connectivity index (χ0n) is 21.6. The van der Waals surface area contributed by atoms with Gasteiger partial charge in [0.25, 0.3) is 5.56 Å². The lowest BCUT2D eigenvalue weighted by Gasteiger charge is -2.47. The summed E-state index contributed by atoms with van der Waals surface area (Å²) in [7, 11) is -5.68. The number of imidazole rings is 1. The van der Waals surface area contributed by atoms with E-state index in [1.165, 1.54) is 6.33 Å². The lowest BCUT2D eigenvalue weighted by molar-refractivity contribution is -0.0867. The van der Waals surface area contributed by atoms with E-state index in [1.54, 1.807) is 4.57 Å². The van der Waals surface area contributed by atoms with E-state index < -0.39 is 52.8 Å². The summed E-state index contributed by atoms with van der Waals surface area (Å²) in [5, 5.41) is 11.8. The molecule has 4 N–H and O–H groups in total. The third-order valence-corrected chi connectivity index (χ3v) is 18.3. The highest BCUT2D eigenvalue weighted by atomic mass is 28.5. The lowest BCUT2D eigenvalue weighted by atomic mass is 10.1. The van der Waals surface area contributed by atoms with Gasteiger partial charge in [0.1, 0.15) is 23.9 Å². The molecule has 0 amide bonds. The molecule has 2 aromatic heterocycles. The molecule has 35 heavy (non-hydrogen) atoms. The van der Waals surface area contributed by atoms with Gasteiger partial charge in [-0.1, -0.05) is 55.4 Å². The van der Waals surface area contributed by atoms with E-state index in [2.05, 4.69) is 70.3 Å². The number of nitrogens with zero attached hydrogens (tertiary/aromatic N) is 3. The highest BCUT2D eigenvalue weighted by Crippen LogP contribution is 2.64. The quantitative estimate of drug-likeness (QED) is 0.503. The van der Waals surface area contributed by atoms with Gasteiger partial charge in [-0.05, 0) is 22.2 Å². The number of aliphatic hydroxyl groups is 1. The van der Waals surface area contributed by atoms with Gasteiger partial charge in [0.15, 0.2) is 17.4 Å².